The summed E-state index contributed by atoms with van der Waals surface area (Å²) in [6.07, 6.45) is 6.47. The molecule has 1 heterocycles. The Labute approximate surface area is 250 Å². The number of benzene rings is 3. The van der Waals surface area contributed by atoms with Gasteiger partial charge in [0, 0.05) is 38.8 Å². The summed E-state index contributed by atoms with van der Waals surface area (Å²) in [5, 5.41) is 21.5. The lowest BCUT2D eigenvalue weighted by molar-refractivity contribution is -0.127. The van der Waals surface area contributed by atoms with Crippen LogP contribution in [0.15, 0.2) is 72.8 Å². The normalized spacial score (nSPS) is 14.7. The average Bonchev–Trinajstić information content (AvgIpc) is 3.02. The molecule has 1 amide bonds. The van der Waals surface area contributed by atoms with Gasteiger partial charge in [-0.05, 0) is 53.3 Å². The number of aliphatic hydroxyl groups is 1. The Morgan fingerprint density at radius 1 is 0.857 bits per heavy atom. The molecule has 0 spiro atoms. The molecule has 0 aromatic heterocycles. The molecule has 3 aromatic carbocycles. The summed E-state index contributed by atoms with van der Waals surface area (Å²) in [7, 11) is 0. The Morgan fingerprint density at radius 3 is 2.00 bits per heavy atom. The number of amides is 1. The Kier molecular flexibility index (Phi) is 11.9. The molecule has 42 heavy (non-hydrogen) atoms. The maximum atomic E-state index is 13.0. The van der Waals surface area contributed by atoms with E-state index < -0.39 is 6.10 Å². The molecular weight excluding hydrogens is 528 g/mol. The highest BCUT2D eigenvalue weighted by atomic mass is 16.5. The quantitative estimate of drug-likeness (QED) is 0.174. The molecule has 224 valence electrons. The first-order chi connectivity index (χ1) is 20.5. The minimum absolute atomic E-state index is 0.00358. The van der Waals surface area contributed by atoms with Gasteiger partial charge in [-0.2, -0.15) is 0 Å². The predicted octanol–water partition coefficient (Wildman–Crippen LogP) is 6.31. The number of carbonyl (C=O) groups is 1. The van der Waals surface area contributed by atoms with Crippen molar-refractivity contribution in [1.29, 1.82) is 0 Å². The Balaban J connectivity index is 1.30. The van der Waals surface area contributed by atoms with Gasteiger partial charge in [-0.25, -0.2) is 0 Å². The van der Waals surface area contributed by atoms with Crippen molar-refractivity contribution in [3.05, 3.63) is 83.9 Å². The van der Waals surface area contributed by atoms with E-state index in [2.05, 4.69) is 30.9 Å². The smallest absolute Gasteiger partial charge is 0.246 e. The number of unbranched alkanes of at least 4 members (excludes halogenated alkanes) is 2. The first kappa shape index (κ1) is 31.1. The lowest BCUT2D eigenvalue weighted by Gasteiger charge is -2.35. The summed E-state index contributed by atoms with van der Waals surface area (Å²) < 4.78 is 11.6. The standard InChI is InChI=1S/C35H44N2O5/c1-3-5-22-41-32-24-27(25-33(35(32)40)42-23-6-4-2)12-17-34(39)37-20-18-36(19-21-37)26-31(38)30-15-13-29(14-16-30)28-10-8-7-9-11-28/h7-17,24-25,31,38,40H,3-6,18-23,26H2,1-2H3. The highest BCUT2D eigenvalue weighted by Crippen LogP contribution is 2.38. The second kappa shape index (κ2) is 16.0. The number of ether oxygens (including phenoxy) is 2. The van der Waals surface area contributed by atoms with E-state index in [0.717, 1.165) is 47.9 Å². The number of hydrogen-bond acceptors (Lipinski definition) is 6. The Hall–Kier alpha value is -3.81. The van der Waals surface area contributed by atoms with E-state index in [1.807, 2.05) is 47.4 Å². The van der Waals surface area contributed by atoms with Crippen LogP contribution in [0.4, 0.5) is 0 Å². The monoisotopic (exact) mass is 572 g/mol. The highest BCUT2D eigenvalue weighted by molar-refractivity contribution is 5.92. The second-order valence-electron chi connectivity index (χ2n) is 10.7. The van der Waals surface area contributed by atoms with Crippen LogP contribution in [-0.4, -0.2) is 71.9 Å². The van der Waals surface area contributed by atoms with E-state index >= 15 is 0 Å². The molecule has 2 N–H and O–H groups in total. The van der Waals surface area contributed by atoms with Crippen LogP contribution in [0.5, 0.6) is 17.2 Å². The molecular formula is C35H44N2O5. The molecule has 4 rings (SSSR count). The molecule has 1 atom stereocenters. The van der Waals surface area contributed by atoms with Crippen molar-refractivity contribution >= 4 is 12.0 Å². The van der Waals surface area contributed by atoms with Gasteiger partial charge in [-0.15, -0.1) is 0 Å². The average molecular weight is 573 g/mol. The number of aromatic hydroxyl groups is 1. The molecule has 0 aliphatic carbocycles. The lowest BCUT2D eigenvalue weighted by Crippen LogP contribution is -2.49. The number of β-amino-alcohol motifs (C(OH)–C–C–N with tert-alkyl or cyclic N) is 1. The van der Waals surface area contributed by atoms with Crippen LogP contribution in [0.1, 0.15) is 56.8 Å². The molecule has 0 saturated carbocycles. The molecule has 3 aromatic rings. The topological polar surface area (TPSA) is 82.5 Å². The van der Waals surface area contributed by atoms with Gasteiger partial charge < -0.3 is 24.6 Å². The van der Waals surface area contributed by atoms with Crippen LogP contribution in [-0.2, 0) is 4.79 Å². The zero-order valence-corrected chi connectivity index (χ0v) is 24.9. The third-order valence-corrected chi connectivity index (χ3v) is 7.51. The predicted molar refractivity (Wildman–Crippen MR) is 168 cm³/mol. The lowest BCUT2D eigenvalue weighted by atomic mass is 10.0. The summed E-state index contributed by atoms with van der Waals surface area (Å²) in [4.78, 5) is 17.0. The van der Waals surface area contributed by atoms with E-state index in [4.69, 9.17) is 9.47 Å². The van der Waals surface area contributed by atoms with Crippen molar-refractivity contribution in [2.45, 2.75) is 45.6 Å². The summed E-state index contributed by atoms with van der Waals surface area (Å²) in [5.41, 5.74) is 3.90. The summed E-state index contributed by atoms with van der Waals surface area (Å²) in [6, 6.07) is 21.7. The number of nitrogens with zero attached hydrogens (tertiary/aromatic N) is 2. The minimum atomic E-state index is -0.589. The fourth-order valence-electron chi connectivity index (χ4n) is 4.87. The number of aliphatic hydroxyl groups excluding tert-OH is 1. The number of phenolic OH excluding ortho intramolecular Hbond substituents is 1. The zero-order valence-electron chi connectivity index (χ0n) is 24.9. The van der Waals surface area contributed by atoms with E-state index in [0.29, 0.717) is 57.4 Å². The maximum Gasteiger partial charge on any atom is 0.246 e. The SMILES string of the molecule is CCCCOc1cc(C=CC(=O)N2CCN(CC(O)c3ccc(-c4ccccc4)cc3)CC2)cc(OCCCC)c1O. The number of rotatable bonds is 14. The van der Waals surface area contributed by atoms with E-state index in [1.165, 1.54) is 0 Å². The van der Waals surface area contributed by atoms with Gasteiger partial charge in [-0.1, -0.05) is 81.3 Å². The third kappa shape index (κ3) is 8.84. The van der Waals surface area contributed by atoms with Crippen LogP contribution >= 0.6 is 0 Å². The third-order valence-electron chi connectivity index (χ3n) is 7.51. The first-order valence-corrected chi connectivity index (χ1v) is 15.1. The molecule has 7 heteroatoms. The number of phenols is 1. The van der Waals surface area contributed by atoms with Gasteiger partial charge in [0.1, 0.15) is 0 Å². The zero-order chi connectivity index (χ0) is 29.7. The molecule has 0 radical (unpaired) electrons. The molecule has 7 nitrogen and oxygen atoms in total. The fourth-order valence-corrected chi connectivity index (χ4v) is 4.87. The summed E-state index contributed by atoms with van der Waals surface area (Å²) in [6.45, 7) is 8.28. The molecule has 1 fully saturated rings. The van der Waals surface area contributed by atoms with Crippen LogP contribution in [0, 0.1) is 0 Å². The van der Waals surface area contributed by atoms with Gasteiger partial charge >= 0.3 is 0 Å². The van der Waals surface area contributed by atoms with Crippen molar-refractivity contribution in [3.63, 3.8) is 0 Å². The van der Waals surface area contributed by atoms with Crippen molar-refractivity contribution < 1.29 is 24.5 Å². The fraction of sp³-hybridized carbons (Fsp3) is 0.400. The van der Waals surface area contributed by atoms with Crippen molar-refractivity contribution in [2.75, 3.05) is 45.9 Å². The van der Waals surface area contributed by atoms with E-state index in [1.54, 1.807) is 24.3 Å². The van der Waals surface area contributed by atoms with Gasteiger partial charge in [-0.3, -0.25) is 9.69 Å². The van der Waals surface area contributed by atoms with E-state index in [9.17, 15) is 15.0 Å². The van der Waals surface area contributed by atoms with Crippen molar-refractivity contribution in [2.24, 2.45) is 0 Å². The summed E-state index contributed by atoms with van der Waals surface area (Å²) >= 11 is 0. The Morgan fingerprint density at radius 2 is 1.43 bits per heavy atom. The van der Waals surface area contributed by atoms with Crippen LogP contribution in [0.25, 0.3) is 17.2 Å². The molecule has 1 aliphatic heterocycles. The van der Waals surface area contributed by atoms with Crippen LogP contribution in [0.3, 0.4) is 0 Å². The summed E-state index contributed by atoms with van der Waals surface area (Å²) in [5.74, 6) is 0.663. The van der Waals surface area contributed by atoms with Crippen molar-refractivity contribution in [1.82, 2.24) is 9.80 Å². The molecule has 1 aliphatic rings. The number of carbonyl (C=O) groups excluding carboxylic acids is 1. The van der Waals surface area contributed by atoms with Gasteiger partial charge in [0.25, 0.3) is 0 Å². The van der Waals surface area contributed by atoms with Crippen molar-refractivity contribution in [3.8, 4) is 28.4 Å². The number of hydrogen-bond donors (Lipinski definition) is 2. The molecule has 0 bridgehead atoms. The second-order valence-corrected chi connectivity index (χ2v) is 10.7. The molecule has 1 unspecified atom stereocenters. The first-order valence-electron chi connectivity index (χ1n) is 15.1. The Bertz CT molecular complexity index is 1250. The van der Waals surface area contributed by atoms with Gasteiger partial charge in [0.2, 0.25) is 11.7 Å². The minimum Gasteiger partial charge on any atom is -0.502 e. The molecule has 1 saturated heterocycles. The largest absolute Gasteiger partial charge is 0.502 e. The van der Waals surface area contributed by atoms with Crippen LogP contribution in [0.2, 0.25) is 0 Å². The van der Waals surface area contributed by atoms with Crippen LogP contribution < -0.4 is 9.47 Å². The van der Waals surface area contributed by atoms with E-state index in [-0.39, 0.29) is 11.7 Å². The highest BCUT2D eigenvalue weighted by Gasteiger charge is 2.22. The maximum absolute atomic E-state index is 13.0. The van der Waals surface area contributed by atoms with Gasteiger partial charge in [0.05, 0.1) is 19.3 Å². The van der Waals surface area contributed by atoms with Gasteiger partial charge in [0.15, 0.2) is 11.5 Å². The number of piperazine rings is 1.